The molecule has 3 heteroatoms. The molecule has 0 amide bonds. The molecule has 0 saturated carbocycles. The van der Waals surface area contributed by atoms with E-state index in [1.165, 1.54) is 0 Å². The van der Waals surface area contributed by atoms with Gasteiger partial charge in [-0.05, 0) is 20.3 Å². The first-order chi connectivity index (χ1) is 5.42. The van der Waals surface area contributed by atoms with E-state index in [0.717, 1.165) is 5.57 Å². The summed E-state index contributed by atoms with van der Waals surface area (Å²) in [6.45, 7) is 7.23. The molecule has 12 heavy (non-hydrogen) atoms. The molecule has 1 fully saturated rings. The maximum absolute atomic E-state index is 9.54. The Labute approximate surface area is 72.7 Å². The van der Waals surface area contributed by atoms with Crippen molar-refractivity contribution in [3.63, 3.8) is 0 Å². The zero-order valence-electron chi connectivity index (χ0n) is 7.58. The van der Waals surface area contributed by atoms with Crippen LogP contribution in [0.1, 0.15) is 26.7 Å². The van der Waals surface area contributed by atoms with E-state index in [-0.39, 0.29) is 6.10 Å². The maximum Gasteiger partial charge on any atom is 0.183 e. The Morgan fingerprint density at radius 1 is 1.75 bits per heavy atom. The van der Waals surface area contributed by atoms with Gasteiger partial charge in [0.2, 0.25) is 0 Å². The zero-order valence-corrected chi connectivity index (χ0v) is 7.58. The van der Waals surface area contributed by atoms with E-state index < -0.39 is 11.9 Å². The van der Waals surface area contributed by atoms with Gasteiger partial charge in [0.05, 0.1) is 6.10 Å². The van der Waals surface area contributed by atoms with Gasteiger partial charge in [0.25, 0.3) is 0 Å². The molecule has 0 aromatic carbocycles. The van der Waals surface area contributed by atoms with Crippen LogP contribution in [0.2, 0.25) is 0 Å². The average molecular weight is 172 g/mol. The van der Waals surface area contributed by atoms with Crippen LogP contribution < -0.4 is 0 Å². The third kappa shape index (κ3) is 2.06. The van der Waals surface area contributed by atoms with Crippen LogP contribution in [0.15, 0.2) is 12.2 Å². The fourth-order valence-corrected chi connectivity index (χ4v) is 1.45. The minimum absolute atomic E-state index is 0.0903. The molecule has 3 atom stereocenters. The second-order valence-corrected chi connectivity index (χ2v) is 3.83. The SMILES string of the molecule is C=C(C)C[C@@H]1CC(C)(O)C(O)O1. The van der Waals surface area contributed by atoms with Crippen molar-refractivity contribution in [2.24, 2.45) is 0 Å². The topological polar surface area (TPSA) is 49.7 Å². The molecule has 0 aromatic rings. The van der Waals surface area contributed by atoms with Crippen molar-refractivity contribution in [3.05, 3.63) is 12.2 Å². The summed E-state index contributed by atoms with van der Waals surface area (Å²) in [5.74, 6) is 0. The molecular weight excluding hydrogens is 156 g/mol. The predicted molar refractivity (Wildman–Crippen MR) is 45.6 cm³/mol. The number of hydrogen-bond donors (Lipinski definition) is 2. The molecule has 3 nitrogen and oxygen atoms in total. The van der Waals surface area contributed by atoms with Crippen LogP contribution in [-0.4, -0.2) is 28.2 Å². The molecule has 2 unspecified atom stereocenters. The first-order valence-corrected chi connectivity index (χ1v) is 4.12. The number of rotatable bonds is 2. The van der Waals surface area contributed by atoms with Gasteiger partial charge in [-0.1, -0.05) is 5.57 Å². The second-order valence-electron chi connectivity index (χ2n) is 3.83. The van der Waals surface area contributed by atoms with E-state index in [1.807, 2.05) is 6.92 Å². The molecule has 0 aliphatic carbocycles. The third-order valence-electron chi connectivity index (χ3n) is 2.07. The first kappa shape index (κ1) is 9.71. The van der Waals surface area contributed by atoms with Gasteiger partial charge in [0.1, 0.15) is 5.60 Å². The highest BCUT2D eigenvalue weighted by Crippen LogP contribution is 2.31. The third-order valence-corrected chi connectivity index (χ3v) is 2.07. The Bertz CT molecular complexity index is 186. The highest BCUT2D eigenvalue weighted by Gasteiger charge is 2.42. The van der Waals surface area contributed by atoms with Crippen molar-refractivity contribution in [1.29, 1.82) is 0 Å². The molecule has 0 aromatic heterocycles. The fraction of sp³-hybridized carbons (Fsp3) is 0.778. The standard InChI is InChI=1S/C9H16O3/c1-6(2)4-7-5-9(3,11)8(10)12-7/h7-8,10-11H,1,4-5H2,2-3H3/t7-,8?,9?/m1/s1. The molecular formula is C9H16O3. The Hall–Kier alpha value is -0.380. The van der Waals surface area contributed by atoms with Crippen molar-refractivity contribution in [2.45, 2.75) is 44.7 Å². The lowest BCUT2D eigenvalue weighted by molar-refractivity contribution is -0.161. The summed E-state index contributed by atoms with van der Waals surface area (Å²) in [5, 5.41) is 18.8. The number of aliphatic hydroxyl groups is 2. The van der Waals surface area contributed by atoms with E-state index >= 15 is 0 Å². The van der Waals surface area contributed by atoms with Gasteiger partial charge in [0, 0.05) is 6.42 Å². The van der Waals surface area contributed by atoms with Gasteiger partial charge in [0.15, 0.2) is 6.29 Å². The Balaban J connectivity index is 2.49. The van der Waals surface area contributed by atoms with E-state index in [4.69, 9.17) is 4.74 Å². The molecule has 1 heterocycles. The fourth-order valence-electron chi connectivity index (χ4n) is 1.45. The van der Waals surface area contributed by atoms with E-state index in [0.29, 0.717) is 12.8 Å². The predicted octanol–water partition coefficient (Wildman–Crippen LogP) is 0.811. The Morgan fingerprint density at radius 3 is 2.67 bits per heavy atom. The summed E-state index contributed by atoms with van der Waals surface area (Å²) in [5.41, 5.74) is -0.0926. The lowest BCUT2D eigenvalue weighted by Crippen LogP contribution is -2.33. The van der Waals surface area contributed by atoms with Gasteiger partial charge in [-0.15, -0.1) is 6.58 Å². The second kappa shape index (κ2) is 3.17. The molecule has 1 saturated heterocycles. The summed E-state index contributed by atoms with van der Waals surface area (Å²) in [6, 6.07) is 0. The van der Waals surface area contributed by atoms with Crippen molar-refractivity contribution in [2.75, 3.05) is 0 Å². The molecule has 0 radical (unpaired) electrons. The maximum atomic E-state index is 9.54. The molecule has 1 rings (SSSR count). The van der Waals surface area contributed by atoms with Gasteiger partial charge in [-0.3, -0.25) is 0 Å². The van der Waals surface area contributed by atoms with Gasteiger partial charge >= 0.3 is 0 Å². The quantitative estimate of drug-likeness (QED) is 0.606. The average Bonchev–Trinajstić information content (AvgIpc) is 2.04. The lowest BCUT2D eigenvalue weighted by atomic mass is 9.99. The van der Waals surface area contributed by atoms with Crippen LogP contribution in [0.4, 0.5) is 0 Å². The van der Waals surface area contributed by atoms with Crippen molar-refractivity contribution in [3.8, 4) is 0 Å². The van der Waals surface area contributed by atoms with E-state index in [1.54, 1.807) is 6.92 Å². The van der Waals surface area contributed by atoms with Crippen molar-refractivity contribution >= 4 is 0 Å². The number of hydrogen-bond acceptors (Lipinski definition) is 3. The summed E-state index contributed by atoms with van der Waals surface area (Å²) >= 11 is 0. The normalized spacial score (nSPS) is 41.7. The molecule has 1 aliphatic rings. The highest BCUT2D eigenvalue weighted by molar-refractivity contribution is 4.96. The van der Waals surface area contributed by atoms with Crippen molar-refractivity contribution in [1.82, 2.24) is 0 Å². The molecule has 0 bridgehead atoms. The molecule has 70 valence electrons. The number of aliphatic hydroxyl groups excluding tert-OH is 1. The molecule has 1 aliphatic heterocycles. The van der Waals surface area contributed by atoms with Crippen LogP contribution in [-0.2, 0) is 4.74 Å². The summed E-state index contributed by atoms with van der Waals surface area (Å²) in [6.07, 6.45) is 0.0307. The van der Waals surface area contributed by atoms with Gasteiger partial charge in [-0.2, -0.15) is 0 Å². The highest BCUT2D eigenvalue weighted by atomic mass is 16.6. The summed E-state index contributed by atoms with van der Waals surface area (Å²) in [7, 11) is 0. The van der Waals surface area contributed by atoms with Crippen LogP contribution in [0.5, 0.6) is 0 Å². The van der Waals surface area contributed by atoms with Crippen LogP contribution in [0.3, 0.4) is 0 Å². The molecule has 2 N–H and O–H groups in total. The zero-order chi connectivity index (χ0) is 9.35. The Kier molecular flexibility index (Phi) is 2.56. The molecule has 0 spiro atoms. The Morgan fingerprint density at radius 2 is 2.33 bits per heavy atom. The van der Waals surface area contributed by atoms with Crippen molar-refractivity contribution < 1.29 is 14.9 Å². The monoisotopic (exact) mass is 172 g/mol. The lowest BCUT2D eigenvalue weighted by Gasteiger charge is -2.17. The van der Waals surface area contributed by atoms with E-state index in [9.17, 15) is 10.2 Å². The summed E-state index contributed by atoms with van der Waals surface area (Å²) < 4.78 is 5.13. The van der Waals surface area contributed by atoms with Crippen LogP contribution in [0.25, 0.3) is 0 Å². The minimum atomic E-state index is -1.10. The van der Waals surface area contributed by atoms with Crippen LogP contribution >= 0.6 is 0 Å². The largest absolute Gasteiger partial charge is 0.385 e. The van der Waals surface area contributed by atoms with Gasteiger partial charge < -0.3 is 14.9 Å². The van der Waals surface area contributed by atoms with E-state index in [2.05, 4.69) is 6.58 Å². The first-order valence-electron chi connectivity index (χ1n) is 4.12. The summed E-state index contributed by atoms with van der Waals surface area (Å²) in [4.78, 5) is 0. The van der Waals surface area contributed by atoms with Crippen LogP contribution in [0, 0.1) is 0 Å². The smallest absolute Gasteiger partial charge is 0.183 e. The minimum Gasteiger partial charge on any atom is -0.385 e. The van der Waals surface area contributed by atoms with Gasteiger partial charge in [-0.25, -0.2) is 0 Å². The number of ether oxygens (including phenoxy) is 1.